The highest BCUT2D eigenvalue weighted by Crippen LogP contribution is 2.38. The Morgan fingerprint density at radius 2 is 1.39 bits per heavy atom. The molecule has 4 aromatic rings. The predicted octanol–water partition coefficient (Wildman–Crippen LogP) is 5.80. The highest BCUT2D eigenvalue weighted by Gasteiger charge is 2.33. The first-order chi connectivity index (χ1) is 15.1. The third-order valence-electron chi connectivity index (χ3n) is 5.76. The van der Waals surface area contributed by atoms with Crippen LogP contribution >= 0.6 is 0 Å². The Kier molecular flexibility index (Phi) is 4.75. The van der Waals surface area contributed by atoms with Crippen molar-refractivity contribution in [3.8, 4) is 5.69 Å². The van der Waals surface area contributed by atoms with Gasteiger partial charge in [-0.2, -0.15) is 5.10 Å². The van der Waals surface area contributed by atoms with Gasteiger partial charge in [0.2, 0.25) is 0 Å². The molecule has 0 spiro atoms. The van der Waals surface area contributed by atoms with Crippen LogP contribution in [-0.4, -0.2) is 15.6 Å². The number of fused-ring (bicyclic) bond motifs is 1. The Bertz CT molecular complexity index is 1260. The smallest absolute Gasteiger partial charge is 0.191 e. The van der Waals surface area contributed by atoms with Crippen LogP contribution in [0.3, 0.4) is 0 Å². The number of anilines is 1. The normalized spacial score (nSPS) is 15.6. The van der Waals surface area contributed by atoms with Gasteiger partial charge in [0.1, 0.15) is 11.7 Å². The molecule has 5 rings (SSSR count). The lowest BCUT2D eigenvalue weighted by molar-refractivity contribution is 0.104. The molecule has 0 saturated heterocycles. The summed E-state index contributed by atoms with van der Waals surface area (Å²) in [6, 6.07) is 28.3. The molecule has 152 valence electrons. The van der Waals surface area contributed by atoms with E-state index in [1.165, 1.54) is 5.56 Å². The van der Waals surface area contributed by atoms with Crippen LogP contribution in [-0.2, 0) is 0 Å². The van der Waals surface area contributed by atoms with E-state index in [1.54, 1.807) is 6.08 Å². The molecule has 4 nitrogen and oxygen atoms in total. The van der Waals surface area contributed by atoms with Gasteiger partial charge in [-0.15, -0.1) is 0 Å². The summed E-state index contributed by atoms with van der Waals surface area (Å²) < 4.78 is 1.88. The monoisotopic (exact) mass is 405 g/mol. The molecule has 3 aromatic carbocycles. The first-order valence-electron chi connectivity index (χ1n) is 10.4. The van der Waals surface area contributed by atoms with Crippen molar-refractivity contribution in [2.75, 3.05) is 4.90 Å². The summed E-state index contributed by atoms with van der Waals surface area (Å²) in [6.45, 7) is 4.05. The fraction of sp³-hybridized carbons (Fsp3) is 0.111. The molecular weight excluding hydrogens is 382 g/mol. The maximum absolute atomic E-state index is 13.2. The standard InChI is InChI=1S/C27H23N3O/c1-19-13-15-21(16-14-19)27-26-25(20(2)30(28-26)23-11-7-4-8-12-23)24(31)17-18-29(27)22-9-5-3-6-10-22/h3-18,27H,1-2H3/t27-/m0/s1. The zero-order valence-corrected chi connectivity index (χ0v) is 17.6. The van der Waals surface area contributed by atoms with Gasteiger partial charge in [0.05, 0.1) is 16.9 Å². The second-order valence-electron chi connectivity index (χ2n) is 7.83. The van der Waals surface area contributed by atoms with E-state index in [0.29, 0.717) is 5.56 Å². The minimum absolute atomic E-state index is 0.0229. The number of allylic oxidation sites excluding steroid dienone is 1. The molecular formula is C27H23N3O. The van der Waals surface area contributed by atoms with Gasteiger partial charge in [-0.05, 0) is 43.7 Å². The van der Waals surface area contributed by atoms with Gasteiger partial charge in [0.15, 0.2) is 5.78 Å². The second kappa shape index (κ2) is 7.73. The quantitative estimate of drug-likeness (QED) is 0.433. The molecule has 0 fully saturated rings. The summed E-state index contributed by atoms with van der Waals surface area (Å²) in [7, 11) is 0. The first kappa shape index (κ1) is 19.1. The van der Waals surface area contributed by atoms with Gasteiger partial charge in [-0.25, -0.2) is 4.68 Å². The maximum Gasteiger partial charge on any atom is 0.191 e. The van der Waals surface area contributed by atoms with Crippen molar-refractivity contribution in [1.29, 1.82) is 0 Å². The van der Waals surface area contributed by atoms with E-state index in [-0.39, 0.29) is 11.8 Å². The summed E-state index contributed by atoms with van der Waals surface area (Å²) in [5, 5.41) is 5.00. The molecule has 4 heteroatoms. The van der Waals surface area contributed by atoms with Crippen LogP contribution < -0.4 is 4.90 Å². The van der Waals surface area contributed by atoms with Gasteiger partial charge >= 0.3 is 0 Å². The topological polar surface area (TPSA) is 38.1 Å². The second-order valence-corrected chi connectivity index (χ2v) is 7.83. The largest absolute Gasteiger partial charge is 0.335 e. The summed E-state index contributed by atoms with van der Waals surface area (Å²) in [5.74, 6) is -0.0229. The molecule has 1 aliphatic rings. The number of para-hydroxylation sites is 2. The summed E-state index contributed by atoms with van der Waals surface area (Å²) in [5.41, 5.74) is 6.53. The molecule has 0 radical (unpaired) electrons. The van der Waals surface area contributed by atoms with Crippen molar-refractivity contribution in [3.05, 3.63) is 125 Å². The Morgan fingerprint density at radius 3 is 2.03 bits per heavy atom. The van der Waals surface area contributed by atoms with Crippen LogP contribution in [0.15, 0.2) is 97.2 Å². The van der Waals surface area contributed by atoms with E-state index in [9.17, 15) is 4.79 Å². The number of hydrogen-bond donors (Lipinski definition) is 0. The average Bonchev–Trinajstić information content (AvgIpc) is 3.07. The zero-order chi connectivity index (χ0) is 21.4. The summed E-state index contributed by atoms with van der Waals surface area (Å²) in [6.07, 6.45) is 3.54. The van der Waals surface area contributed by atoms with Crippen molar-refractivity contribution in [2.45, 2.75) is 19.9 Å². The molecule has 0 aliphatic carbocycles. The minimum Gasteiger partial charge on any atom is -0.335 e. The number of carbonyl (C=O) groups is 1. The van der Waals surface area contributed by atoms with E-state index in [4.69, 9.17) is 5.10 Å². The number of nitrogens with zero attached hydrogens (tertiary/aromatic N) is 3. The van der Waals surface area contributed by atoms with Crippen LogP contribution in [0, 0.1) is 13.8 Å². The first-order valence-corrected chi connectivity index (χ1v) is 10.4. The van der Waals surface area contributed by atoms with E-state index >= 15 is 0 Å². The predicted molar refractivity (Wildman–Crippen MR) is 124 cm³/mol. The van der Waals surface area contributed by atoms with E-state index in [1.807, 2.05) is 66.3 Å². The van der Waals surface area contributed by atoms with Gasteiger partial charge in [0.25, 0.3) is 0 Å². The molecule has 1 aromatic heterocycles. The minimum atomic E-state index is -0.218. The van der Waals surface area contributed by atoms with Crippen LogP contribution in [0.5, 0.6) is 0 Å². The number of ketones is 1. The number of carbonyl (C=O) groups excluding carboxylic acids is 1. The molecule has 1 atom stereocenters. The highest BCUT2D eigenvalue weighted by atomic mass is 16.1. The summed E-state index contributed by atoms with van der Waals surface area (Å²) >= 11 is 0. The van der Waals surface area contributed by atoms with E-state index in [0.717, 1.165) is 28.3 Å². The summed E-state index contributed by atoms with van der Waals surface area (Å²) in [4.78, 5) is 15.3. The molecule has 0 N–H and O–H groups in total. The molecule has 0 unspecified atom stereocenters. The fourth-order valence-electron chi connectivity index (χ4n) is 4.19. The number of aromatic nitrogens is 2. The van der Waals surface area contributed by atoms with Crippen molar-refractivity contribution >= 4 is 11.5 Å². The van der Waals surface area contributed by atoms with E-state index in [2.05, 4.69) is 48.2 Å². The van der Waals surface area contributed by atoms with Crippen molar-refractivity contribution in [1.82, 2.24) is 9.78 Å². The zero-order valence-electron chi connectivity index (χ0n) is 17.6. The number of aryl methyl sites for hydroxylation is 1. The maximum atomic E-state index is 13.2. The fourth-order valence-corrected chi connectivity index (χ4v) is 4.19. The molecule has 1 aliphatic heterocycles. The van der Waals surface area contributed by atoms with Crippen LogP contribution in [0.1, 0.15) is 38.9 Å². The van der Waals surface area contributed by atoms with Crippen LogP contribution in [0.2, 0.25) is 0 Å². The average molecular weight is 406 g/mol. The molecule has 2 heterocycles. The third-order valence-corrected chi connectivity index (χ3v) is 5.76. The number of hydrogen-bond acceptors (Lipinski definition) is 3. The highest BCUT2D eigenvalue weighted by molar-refractivity contribution is 6.07. The van der Waals surface area contributed by atoms with Crippen LogP contribution in [0.4, 0.5) is 5.69 Å². The van der Waals surface area contributed by atoms with E-state index < -0.39 is 0 Å². The Labute approximate surface area is 182 Å². The lowest BCUT2D eigenvalue weighted by atomic mass is 9.96. The Balaban J connectivity index is 1.76. The number of rotatable bonds is 3. The number of benzene rings is 3. The van der Waals surface area contributed by atoms with Gasteiger partial charge in [0, 0.05) is 18.0 Å². The lowest BCUT2D eigenvalue weighted by Gasteiger charge is -2.29. The van der Waals surface area contributed by atoms with Crippen molar-refractivity contribution in [2.24, 2.45) is 0 Å². The van der Waals surface area contributed by atoms with Gasteiger partial charge < -0.3 is 4.90 Å². The van der Waals surface area contributed by atoms with Crippen LogP contribution in [0.25, 0.3) is 5.69 Å². The van der Waals surface area contributed by atoms with Crippen molar-refractivity contribution < 1.29 is 4.79 Å². The Morgan fingerprint density at radius 1 is 0.774 bits per heavy atom. The Hall–Kier alpha value is -3.92. The molecule has 0 amide bonds. The SMILES string of the molecule is Cc1ccc([C@H]2c3nn(-c4ccccc4)c(C)c3C(=O)C=CN2c2ccccc2)cc1. The van der Waals surface area contributed by atoms with Crippen molar-refractivity contribution in [3.63, 3.8) is 0 Å². The van der Waals surface area contributed by atoms with Gasteiger partial charge in [-0.3, -0.25) is 4.79 Å². The molecule has 0 saturated carbocycles. The third kappa shape index (κ3) is 3.36. The lowest BCUT2D eigenvalue weighted by Crippen LogP contribution is -2.24. The van der Waals surface area contributed by atoms with Gasteiger partial charge in [-0.1, -0.05) is 66.2 Å². The molecule has 31 heavy (non-hydrogen) atoms. The molecule has 0 bridgehead atoms.